The molecule has 0 aliphatic heterocycles. The van der Waals surface area contributed by atoms with E-state index in [2.05, 4.69) is 16.0 Å². The molecule has 20 heavy (non-hydrogen) atoms. The Hall–Kier alpha value is -1.46. The molecular formula is C14H25N3O3. The highest BCUT2D eigenvalue weighted by Gasteiger charge is 2.69. The summed E-state index contributed by atoms with van der Waals surface area (Å²) in [6.45, 7) is 8.23. The zero-order valence-corrected chi connectivity index (χ0v) is 12.8. The monoisotopic (exact) mass is 283 g/mol. The van der Waals surface area contributed by atoms with E-state index < -0.39 is 5.60 Å². The first kappa shape index (κ1) is 14.9. The molecule has 3 saturated carbocycles. The number of rotatable bonds is 4. The van der Waals surface area contributed by atoms with Crippen LogP contribution in [0.2, 0.25) is 0 Å². The van der Waals surface area contributed by atoms with Gasteiger partial charge >= 0.3 is 12.1 Å². The zero-order valence-electron chi connectivity index (χ0n) is 12.8. The van der Waals surface area contributed by atoms with Crippen LogP contribution in [0.1, 0.15) is 53.4 Å². The highest BCUT2D eigenvalue weighted by atomic mass is 16.6. The van der Waals surface area contributed by atoms with E-state index in [-0.39, 0.29) is 23.2 Å². The van der Waals surface area contributed by atoms with Crippen molar-refractivity contribution in [2.45, 2.75) is 70.1 Å². The van der Waals surface area contributed by atoms with Crippen LogP contribution in [-0.4, -0.2) is 35.3 Å². The summed E-state index contributed by atoms with van der Waals surface area (Å²) in [5, 5.41) is 8.72. The minimum atomic E-state index is -0.483. The summed E-state index contributed by atoms with van der Waals surface area (Å²) in [6.07, 6.45) is 2.92. The van der Waals surface area contributed by atoms with Gasteiger partial charge in [0.1, 0.15) is 5.60 Å². The van der Waals surface area contributed by atoms with Crippen molar-refractivity contribution in [3.05, 3.63) is 0 Å². The Balaban J connectivity index is 1.71. The van der Waals surface area contributed by atoms with Gasteiger partial charge in [-0.05, 0) is 46.5 Å². The second-order valence-electron chi connectivity index (χ2n) is 7.10. The lowest BCUT2D eigenvalue weighted by Crippen LogP contribution is -2.84. The number of alkyl carbamates (subject to hydrolysis) is 1. The lowest BCUT2D eigenvalue weighted by atomic mass is 9.44. The van der Waals surface area contributed by atoms with E-state index >= 15 is 0 Å². The summed E-state index contributed by atoms with van der Waals surface area (Å²) >= 11 is 0. The lowest BCUT2D eigenvalue weighted by Gasteiger charge is -2.69. The van der Waals surface area contributed by atoms with Crippen molar-refractivity contribution in [1.29, 1.82) is 0 Å². The second-order valence-corrected chi connectivity index (χ2v) is 7.10. The van der Waals surface area contributed by atoms with Crippen LogP contribution in [0, 0.1) is 0 Å². The Morgan fingerprint density at radius 1 is 1.10 bits per heavy atom. The molecule has 0 radical (unpaired) electrons. The average molecular weight is 283 g/mol. The van der Waals surface area contributed by atoms with Crippen molar-refractivity contribution in [2.24, 2.45) is 0 Å². The van der Waals surface area contributed by atoms with Gasteiger partial charge in [0.05, 0.1) is 5.54 Å². The highest BCUT2D eigenvalue weighted by Crippen LogP contribution is 2.60. The van der Waals surface area contributed by atoms with Crippen molar-refractivity contribution < 1.29 is 14.3 Å². The lowest BCUT2D eigenvalue weighted by molar-refractivity contribution is -0.0955. The molecule has 0 aromatic heterocycles. The van der Waals surface area contributed by atoms with Crippen LogP contribution in [0.5, 0.6) is 0 Å². The number of urea groups is 1. The minimum Gasteiger partial charge on any atom is -0.444 e. The molecule has 3 rings (SSSR count). The van der Waals surface area contributed by atoms with Gasteiger partial charge in [0, 0.05) is 12.1 Å². The van der Waals surface area contributed by atoms with E-state index in [0.717, 1.165) is 25.7 Å². The number of carbonyl (C=O) groups is 2. The summed E-state index contributed by atoms with van der Waals surface area (Å²) in [6, 6.07) is -0.114. The molecule has 0 aromatic rings. The quantitative estimate of drug-likeness (QED) is 0.737. The second kappa shape index (κ2) is 4.82. The molecular weight excluding hydrogens is 258 g/mol. The van der Waals surface area contributed by atoms with Crippen LogP contribution in [-0.2, 0) is 4.74 Å². The third-order valence-corrected chi connectivity index (χ3v) is 3.71. The van der Waals surface area contributed by atoms with Crippen molar-refractivity contribution >= 4 is 12.1 Å². The fourth-order valence-electron chi connectivity index (χ4n) is 3.10. The molecule has 0 unspecified atom stereocenters. The van der Waals surface area contributed by atoms with Crippen LogP contribution in [0.25, 0.3) is 0 Å². The summed E-state index contributed by atoms with van der Waals surface area (Å²) in [4.78, 5) is 23.3. The van der Waals surface area contributed by atoms with E-state index in [0.29, 0.717) is 6.54 Å². The van der Waals surface area contributed by atoms with E-state index in [4.69, 9.17) is 4.74 Å². The molecule has 3 aliphatic rings. The zero-order chi connectivity index (χ0) is 15.0. The molecule has 3 N–H and O–H groups in total. The molecule has 0 spiro atoms. The van der Waals surface area contributed by atoms with E-state index in [1.807, 2.05) is 27.7 Å². The molecule has 3 amide bonds. The van der Waals surface area contributed by atoms with Gasteiger partial charge in [0.25, 0.3) is 0 Å². The Kier molecular flexibility index (Phi) is 3.60. The van der Waals surface area contributed by atoms with Gasteiger partial charge in [-0.2, -0.15) is 0 Å². The Bertz CT molecular complexity index is 395. The number of carbonyl (C=O) groups excluding carboxylic acids is 2. The maximum absolute atomic E-state index is 11.7. The molecule has 0 saturated heterocycles. The van der Waals surface area contributed by atoms with E-state index in [1.165, 1.54) is 0 Å². The number of ether oxygens (including phenoxy) is 1. The van der Waals surface area contributed by atoms with Crippen LogP contribution in [0.4, 0.5) is 9.59 Å². The van der Waals surface area contributed by atoms with Crippen molar-refractivity contribution in [3.63, 3.8) is 0 Å². The van der Waals surface area contributed by atoms with Gasteiger partial charge in [0.15, 0.2) is 0 Å². The first-order chi connectivity index (χ1) is 9.18. The van der Waals surface area contributed by atoms with Gasteiger partial charge in [0.2, 0.25) is 0 Å². The standard InChI is InChI=1S/C14H25N3O3/c1-5-6-15-10(18)16-13-7-14(8-13,9-13)17-11(19)20-12(2,3)4/h5-9H2,1-4H3,(H,17,19)(H2,15,16,18). The molecule has 6 heteroatoms. The first-order valence-electron chi connectivity index (χ1n) is 7.25. The average Bonchev–Trinajstić information content (AvgIpc) is 2.18. The molecule has 114 valence electrons. The van der Waals surface area contributed by atoms with Gasteiger partial charge in [-0.25, -0.2) is 9.59 Å². The maximum Gasteiger partial charge on any atom is 0.408 e. The summed E-state index contributed by atoms with van der Waals surface area (Å²) < 4.78 is 5.25. The topological polar surface area (TPSA) is 79.5 Å². The molecule has 6 nitrogen and oxygen atoms in total. The Labute approximate surface area is 120 Å². The van der Waals surface area contributed by atoms with Crippen LogP contribution in [0.15, 0.2) is 0 Å². The minimum absolute atomic E-state index is 0.114. The maximum atomic E-state index is 11.7. The summed E-state index contributed by atoms with van der Waals surface area (Å²) in [5.41, 5.74) is -0.767. The normalized spacial score (nSPS) is 30.6. The summed E-state index contributed by atoms with van der Waals surface area (Å²) in [7, 11) is 0. The number of hydrogen-bond donors (Lipinski definition) is 3. The molecule has 2 bridgehead atoms. The molecule has 0 atom stereocenters. The molecule has 3 aliphatic carbocycles. The number of nitrogens with one attached hydrogen (secondary N) is 3. The molecule has 3 fully saturated rings. The van der Waals surface area contributed by atoms with Crippen molar-refractivity contribution in [2.75, 3.05) is 6.54 Å². The Morgan fingerprint density at radius 2 is 1.65 bits per heavy atom. The molecule has 0 aromatic carbocycles. The van der Waals surface area contributed by atoms with Crippen LogP contribution in [0.3, 0.4) is 0 Å². The predicted molar refractivity (Wildman–Crippen MR) is 75.5 cm³/mol. The third kappa shape index (κ3) is 3.16. The fourth-order valence-corrected chi connectivity index (χ4v) is 3.10. The molecule has 0 heterocycles. The van der Waals surface area contributed by atoms with Gasteiger partial charge < -0.3 is 20.7 Å². The highest BCUT2D eigenvalue weighted by molar-refractivity contribution is 5.76. The van der Waals surface area contributed by atoms with Gasteiger partial charge in [-0.1, -0.05) is 6.92 Å². The largest absolute Gasteiger partial charge is 0.444 e. The van der Waals surface area contributed by atoms with Crippen molar-refractivity contribution in [1.82, 2.24) is 16.0 Å². The predicted octanol–water partition coefficient (Wildman–Crippen LogP) is 1.90. The van der Waals surface area contributed by atoms with Crippen molar-refractivity contribution in [3.8, 4) is 0 Å². The summed E-state index contributed by atoms with van der Waals surface area (Å²) in [5.74, 6) is 0. The van der Waals surface area contributed by atoms with Crippen LogP contribution < -0.4 is 16.0 Å². The SMILES string of the molecule is CCCNC(=O)NC12CC(NC(=O)OC(C)(C)C)(C1)C2. The number of hydrogen-bond acceptors (Lipinski definition) is 3. The van der Waals surface area contributed by atoms with E-state index in [1.54, 1.807) is 0 Å². The van der Waals surface area contributed by atoms with Gasteiger partial charge in [-0.15, -0.1) is 0 Å². The number of amides is 3. The third-order valence-electron chi connectivity index (χ3n) is 3.71. The van der Waals surface area contributed by atoms with Gasteiger partial charge in [-0.3, -0.25) is 0 Å². The Morgan fingerprint density at radius 3 is 2.15 bits per heavy atom. The smallest absolute Gasteiger partial charge is 0.408 e. The van der Waals surface area contributed by atoms with Crippen LogP contribution >= 0.6 is 0 Å². The fraction of sp³-hybridized carbons (Fsp3) is 0.857. The van der Waals surface area contributed by atoms with E-state index in [9.17, 15) is 9.59 Å². The first-order valence-corrected chi connectivity index (χ1v) is 7.25.